The molecule has 0 saturated heterocycles. The predicted molar refractivity (Wildman–Crippen MR) is 69.2 cm³/mol. The molecule has 1 aromatic heterocycles. The maximum Gasteiger partial charge on any atom is 0.226 e. The third-order valence-corrected chi connectivity index (χ3v) is 3.14. The topological polar surface area (TPSA) is 73.1 Å². The first-order valence-electron chi connectivity index (χ1n) is 5.79. The molecule has 0 bridgehead atoms. The summed E-state index contributed by atoms with van der Waals surface area (Å²) in [7, 11) is 1.59. The van der Waals surface area contributed by atoms with Gasteiger partial charge < -0.3 is 15.8 Å². The van der Waals surface area contributed by atoms with Gasteiger partial charge in [-0.3, -0.25) is 0 Å². The van der Waals surface area contributed by atoms with Crippen molar-refractivity contribution in [3.8, 4) is 5.88 Å². The zero-order valence-electron chi connectivity index (χ0n) is 11.2. The Hall–Kier alpha value is -1.36. The van der Waals surface area contributed by atoms with Gasteiger partial charge in [0, 0.05) is 18.3 Å². The molecule has 0 aliphatic rings. The van der Waals surface area contributed by atoms with E-state index >= 15 is 0 Å². The highest BCUT2D eigenvalue weighted by Gasteiger charge is 2.27. The van der Waals surface area contributed by atoms with Gasteiger partial charge in [-0.25, -0.2) is 4.98 Å². The molecule has 0 fully saturated rings. The Morgan fingerprint density at radius 1 is 1.47 bits per heavy atom. The second-order valence-corrected chi connectivity index (χ2v) is 4.78. The summed E-state index contributed by atoms with van der Waals surface area (Å²) >= 11 is 0. The molecular weight excluding hydrogens is 216 g/mol. The van der Waals surface area contributed by atoms with Crippen LogP contribution < -0.4 is 15.8 Å². The van der Waals surface area contributed by atoms with Crippen molar-refractivity contribution in [2.24, 2.45) is 11.7 Å². The quantitative estimate of drug-likeness (QED) is 0.814. The molecule has 0 saturated carbocycles. The van der Waals surface area contributed by atoms with Crippen LogP contribution in [0.5, 0.6) is 5.88 Å². The van der Waals surface area contributed by atoms with Crippen LogP contribution in [-0.4, -0.2) is 29.2 Å². The fraction of sp³-hybridized carbons (Fsp3) is 0.667. The highest BCUT2D eigenvalue weighted by atomic mass is 16.5. The number of anilines is 1. The number of methoxy groups -OCH3 is 1. The smallest absolute Gasteiger partial charge is 0.226 e. The molecule has 5 nitrogen and oxygen atoms in total. The van der Waals surface area contributed by atoms with Crippen molar-refractivity contribution in [1.29, 1.82) is 0 Å². The van der Waals surface area contributed by atoms with Gasteiger partial charge >= 0.3 is 0 Å². The van der Waals surface area contributed by atoms with Crippen molar-refractivity contribution in [3.05, 3.63) is 11.8 Å². The first kappa shape index (κ1) is 13.7. The second-order valence-electron chi connectivity index (χ2n) is 4.78. The molecule has 1 unspecified atom stereocenters. The lowest BCUT2D eigenvalue weighted by atomic mass is 9.89. The zero-order chi connectivity index (χ0) is 13.1. The minimum Gasteiger partial charge on any atom is -0.481 e. The lowest BCUT2D eigenvalue weighted by Gasteiger charge is -2.33. The maximum absolute atomic E-state index is 5.82. The van der Waals surface area contributed by atoms with E-state index in [9.17, 15) is 0 Å². The molecule has 1 heterocycles. The Labute approximate surface area is 103 Å². The number of aromatic nitrogens is 2. The first-order chi connectivity index (χ1) is 7.91. The summed E-state index contributed by atoms with van der Waals surface area (Å²) in [6.07, 6.45) is 0. The molecule has 1 atom stereocenters. The molecule has 5 heteroatoms. The Kier molecular flexibility index (Phi) is 4.28. The van der Waals surface area contributed by atoms with Gasteiger partial charge in [0.2, 0.25) is 11.8 Å². The number of rotatable bonds is 5. The summed E-state index contributed by atoms with van der Waals surface area (Å²) < 4.78 is 5.12. The molecule has 1 aromatic rings. The van der Waals surface area contributed by atoms with E-state index in [0.717, 1.165) is 5.69 Å². The summed E-state index contributed by atoms with van der Waals surface area (Å²) in [6.45, 7) is 8.73. The largest absolute Gasteiger partial charge is 0.481 e. The number of hydrogen-bond acceptors (Lipinski definition) is 5. The van der Waals surface area contributed by atoms with Crippen molar-refractivity contribution >= 4 is 5.95 Å². The molecule has 0 amide bonds. The van der Waals surface area contributed by atoms with Crippen LogP contribution in [0.3, 0.4) is 0 Å². The van der Waals surface area contributed by atoms with Gasteiger partial charge in [-0.2, -0.15) is 4.98 Å². The summed E-state index contributed by atoms with van der Waals surface area (Å²) in [5.41, 5.74) is 6.46. The molecule has 0 aliphatic heterocycles. The number of nitrogens with zero attached hydrogens (tertiary/aromatic N) is 2. The number of hydrogen-bond donors (Lipinski definition) is 2. The molecule has 0 aromatic carbocycles. The van der Waals surface area contributed by atoms with Gasteiger partial charge in [-0.05, 0) is 19.8 Å². The van der Waals surface area contributed by atoms with Crippen molar-refractivity contribution < 1.29 is 4.74 Å². The van der Waals surface area contributed by atoms with Crippen LogP contribution in [0.4, 0.5) is 5.95 Å². The molecule has 17 heavy (non-hydrogen) atoms. The van der Waals surface area contributed by atoms with E-state index in [1.165, 1.54) is 0 Å². The Bertz CT molecular complexity index is 381. The van der Waals surface area contributed by atoms with Gasteiger partial charge in [-0.1, -0.05) is 13.8 Å². The van der Waals surface area contributed by atoms with E-state index in [-0.39, 0.29) is 5.54 Å². The van der Waals surface area contributed by atoms with Gasteiger partial charge in [-0.15, -0.1) is 0 Å². The van der Waals surface area contributed by atoms with Gasteiger partial charge in [0.1, 0.15) is 0 Å². The van der Waals surface area contributed by atoms with Crippen LogP contribution in [0.1, 0.15) is 26.5 Å². The zero-order valence-corrected chi connectivity index (χ0v) is 11.2. The standard InChI is InChI=1S/C12H22N4O/c1-8(2)12(4,7-13)16-11-14-9(3)6-10(15-11)17-5/h6,8H,7,13H2,1-5H3,(H,14,15,16). The lowest BCUT2D eigenvalue weighted by molar-refractivity contribution is 0.375. The molecule has 0 aliphatic carbocycles. The first-order valence-corrected chi connectivity index (χ1v) is 5.79. The second kappa shape index (κ2) is 5.31. The maximum atomic E-state index is 5.82. The monoisotopic (exact) mass is 238 g/mol. The molecule has 96 valence electrons. The SMILES string of the molecule is COc1cc(C)nc(NC(C)(CN)C(C)C)n1. The van der Waals surface area contributed by atoms with Crippen molar-refractivity contribution in [3.63, 3.8) is 0 Å². The summed E-state index contributed by atoms with van der Waals surface area (Å²) in [5.74, 6) is 1.49. The van der Waals surface area contributed by atoms with Crippen molar-refractivity contribution in [1.82, 2.24) is 9.97 Å². The summed E-state index contributed by atoms with van der Waals surface area (Å²) in [5, 5.41) is 3.29. The van der Waals surface area contributed by atoms with Crippen LogP contribution in [0.25, 0.3) is 0 Å². The summed E-state index contributed by atoms with van der Waals surface area (Å²) in [4.78, 5) is 8.61. The third-order valence-electron chi connectivity index (χ3n) is 3.14. The molecule has 0 radical (unpaired) electrons. The lowest BCUT2D eigenvalue weighted by Crippen LogP contribution is -2.47. The van der Waals surface area contributed by atoms with Crippen molar-refractivity contribution in [2.45, 2.75) is 33.2 Å². The normalized spacial score (nSPS) is 14.5. The molecule has 1 rings (SSSR count). The van der Waals surface area contributed by atoms with Crippen LogP contribution in [0.2, 0.25) is 0 Å². The minimum atomic E-state index is -0.223. The summed E-state index contributed by atoms with van der Waals surface area (Å²) in [6, 6.07) is 1.79. The van der Waals surface area contributed by atoms with E-state index in [1.54, 1.807) is 13.2 Å². The van der Waals surface area contributed by atoms with E-state index in [0.29, 0.717) is 24.3 Å². The van der Waals surface area contributed by atoms with E-state index < -0.39 is 0 Å². The minimum absolute atomic E-state index is 0.223. The van der Waals surface area contributed by atoms with Crippen LogP contribution in [0.15, 0.2) is 6.07 Å². The number of nitrogens with two attached hydrogens (primary N) is 1. The van der Waals surface area contributed by atoms with Gasteiger partial charge in [0.15, 0.2) is 0 Å². The highest BCUT2D eigenvalue weighted by Crippen LogP contribution is 2.21. The predicted octanol–water partition coefficient (Wildman–Crippen LogP) is 1.58. The van der Waals surface area contributed by atoms with E-state index in [1.807, 2.05) is 6.92 Å². The Balaban J connectivity index is 2.97. The molecule has 0 spiro atoms. The van der Waals surface area contributed by atoms with Crippen LogP contribution in [0, 0.1) is 12.8 Å². The van der Waals surface area contributed by atoms with Gasteiger partial charge in [0.25, 0.3) is 0 Å². The molecule has 3 N–H and O–H groups in total. The average molecular weight is 238 g/mol. The highest BCUT2D eigenvalue weighted by molar-refractivity contribution is 5.34. The Morgan fingerprint density at radius 2 is 2.12 bits per heavy atom. The van der Waals surface area contributed by atoms with E-state index in [4.69, 9.17) is 10.5 Å². The fourth-order valence-corrected chi connectivity index (χ4v) is 1.39. The van der Waals surface area contributed by atoms with E-state index in [2.05, 4.69) is 36.1 Å². The average Bonchev–Trinajstić information content (AvgIpc) is 2.27. The number of ether oxygens (including phenoxy) is 1. The number of aryl methyl sites for hydroxylation is 1. The van der Waals surface area contributed by atoms with Gasteiger partial charge in [0.05, 0.1) is 12.6 Å². The molecular formula is C12H22N4O. The van der Waals surface area contributed by atoms with Crippen LogP contribution in [-0.2, 0) is 0 Å². The third kappa shape index (κ3) is 3.30. The van der Waals surface area contributed by atoms with Crippen molar-refractivity contribution in [2.75, 3.05) is 19.0 Å². The fourth-order valence-electron chi connectivity index (χ4n) is 1.39. The Morgan fingerprint density at radius 3 is 2.59 bits per heavy atom. The van der Waals surface area contributed by atoms with Crippen LogP contribution >= 0.6 is 0 Å². The number of nitrogens with one attached hydrogen (secondary N) is 1.